The fourth-order valence-corrected chi connectivity index (χ4v) is 11.7. The molecule has 22 nitrogen and oxygen atoms in total. The number of nitrogens with zero attached hydrogens (tertiary/aromatic N) is 18. The van der Waals surface area contributed by atoms with Gasteiger partial charge in [0.1, 0.15) is 46.1 Å². The minimum Gasteiger partial charge on any atom is -0.497 e. The Balaban J connectivity index is 0.000000134. The summed E-state index contributed by atoms with van der Waals surface area (Å²) in [5.74, 6) is -0.927. The number of aryl methyl sites for hydroxylation is 7. The lowest BCUT2D eigenvalue weighted by molar-refractivity contribution is 0.0975. The molecule has 0 aliphatic heterocycles. The highest BCUT2D eigenvalue weighted by Gasteiger charge is 2.26. The molecular formula is C74H60F4N18O4. The van der Waals surface area contributed by atoms with E-state index in [9.17, 15) is 31.9 Å². The molecule has 26 heteroatoms. The number of hydrogen-bond acceptors (Lipinski definition) is 16. The third-order valence-corrected chi connectivity index (χ3v) is 16.3. The van der Waals surface area contributed by atoms with E-state index in [1.165, 1.54) is 64.4 Å². The number of fused-ring (bicyclic) bond motifs is 3. The first-order chi connectivity index (χ1) is 48.2. The molecule has 0 saturated carbocycles. The van der Waals surface area contributed by atoms with Crippen LogP contribution in [0.25, 0.3) is 84.9 Å². The highest BCUT2D eigenvalue weighted by atomic mass is 19.1. The molecule has 0 fully saturated rings. The van der Waals surface area contributed by atoms with Crippen molar-refractivity contribution >= 4 is 34.3 Å². The molecule has 0 unspecified atom stereocenters. The fourth-order valence-electron chi connectivity index (χ4n) is 11.7. The first-order valence-corrected chi connectivity index (χ1v) is 31.3. The van der Waals surface area contributed by atoms with E-state index in [4.69, 9.17) is 4.74 Å². The molecule has 15 aromatic rings. The first kappa shape index (κ1) is 65.8. The summed E-state index contributed by atoms with van der Waals surface area (Å²) in [6.45, 7) is 7.72. The van der Waals surface area contributed by atoms with Crippen LogP contribution in [0.3, 0.4) is 0 Å². The number of rotatable bonds is 16. The maximum Gasteiger partial charge on any atom is 0.186 e. The number of carbonyl (C=O) groups excluding carboxylic acids is 3. The largest absolute Gasteiger partial charge is 0.497 e. The number of halogens is 4. The second-order valence-electron chi connectivity index (χ2n) is 23.7. The van der Waals surface area contributed by atoms with Crippen LogP contribution in [0, 0.1) is 51.0 Å². The number of hydrogen-bond donors (Lipinski definition) is 0. The highest BCUT2D eigenvalue weighted by molar-refractivity contribution is 6.03. The van der Waals surface area contributed by atoms with Crippen LogP contribution in [-0.2, 0) is 40.4 Å². The van der Waals surface area contributed by atoms with Gasteiger partial charge in [0.05, 0.1) is 61.4 Å². The molecule has 12 aromatic heterocycles. The molecule has 0 aliphatic carbocycles. The number of Topliss-reactive ketones (excluding diaryl/α,β-unsaturated/α-hetero) is 3. The molecule has 0 spiro atoms. The van der Waals surface area contributed by atoms with Crippen molar-refractivity contribution in [3.8, 4) is 73.7 Å². The van der Waals surface area contributed by atoms with E-state index in [1.54, 1.807) is 89.4 Å². The smallest absolute Gasteiger partial charge is 0.186 e. The standard InChI is InChI=1S/C25H20F2N6O.C25H21FN6O.C24H19FN6O2/c1-14-8-15(2)29-21(9-14)19-12-28-32(3)24(19)22(34)10-17-11-23-30-25(31-33(23)13-20(17)27)16-4-6-18(26)7-5-16;1-15-9-16(2)28-21(10-15)19-13-27-31(3)24(19)22(33)11-18-12-23-29-25(17-7-5-4-6-8-17)30-32(23)14-20(18)26;1-30-23(18(13-27-30)20-12-17(33-2)8-9-26-20)21(32)10-16-11-22-28-24(15-6-4-3-5-7-15)29-31(22)14-19(16)25/h4-9,11-13H,10H2,1-3H3;4-10,12-14H,11H2,1-3H3;3-9,11-14H,10H2,1-2H3. The van der Waals surface area contributed by atoms with Crippen LogP contribution in [0.2, 0.25) is 0 Å². The number of aromatic nitrogens is 18. The van der Waals surface area contributed by atoms with Crippen molar-refractivity contribution in [3.63, 3.8) is 0 Å². The van der Waals surface area contributed by atoms with Gasteiger partial charge in [-0.05, 0) is 112 Å². The molecule has 0 atom stereocenters. The minimum atomic E-state index is -0.579. The van der Waals surface area contributed by atoms with Crippen LogP contribution in [0.1, 0.15) is 70.7 Å². The number of pyridine rings is 6. The van der Waals surface area contributed by atoms with E-state index in [-0.39, 0.29) is 59.1 Å². The molecule has 0 aliphatic rings. The number of ether oxygens (including phenoxy) is 1. The van der Waals surface area contributed by atoms with Gasteiger partial charge in [-0.3, -0.25) is 43.4 Å². The molecule has 0 radical (unpaired) electrons. The van der Waals surface area contributed by atoms with Crippen LogP contribution >= 0.6 is 0 Å². The average Bonchev–Trinajstić information content (AvgIpc) is 1.58. The monoisotopic (exact) mass is 1340 g/mol. The van der Waals surface area contributed by atoms with Crippen LogP contribution in [-0.4, -0.2) is 113 Å². The zero-order valence-corrected chi connectivity index (χ0v) is 55.1. The number of benzene rings is 3. The predicted octanol–water partition coefficient (Wildman–Crippen LogP) is 12.7. The molecule has 3 aromatic carbocycles. The van der Waals surface area contributed by atoms with Crippen molar-refractivity contribution in [2.75, 3.05) is 7.11 Å². The van der Waals surface area contributed by atoms with Crippen molar-refractivity contribution in [2.24, 2.45) is 21.1 Å². The zero-order valence-electron chi connectivity index (χ0n) is 55.1. The van der Waals surface area contributed by atoms with Gasteiger partial charge in [-0.15, -0.1) is 15.3 Å². The van der Waals surface area contributed by atoms with Gasteiger partial charge in [0.2, 0.25) is 0 Å². The summed E-state index contributed by atoms with van der Waals surface area (Å²) in [6.07, 6.45) is 9.60. The molecule has 0 amide bonds. The Bertz CT molecular complexity index is 5580. The molecule has 15 rings (SSSR count). The number of methoxy groups -OCH3 is 1. The maximum atomic E-state index is 14.9. The molecule has 498 valence electrons. The second-order valence-corrected chi connectivity index (χ2v) is 23.7. The molecular weight excluding hydrogens is 1280 g/mol. The summed E-state index contributed by atoms with van der Waals surface area (Å²) in [7, 11) is 6.60. The maximum absolute atomic E-state index is 14.9. The lowest BCUT2D eigenvalue weighted by Crippen LogP contribution is -2.12. The van der Waals surface area contributed by atoms with Crippen LogP contribution in [0.4, 0.5) is 17.6 Å². The van der Waals surface area contributed by atoms with E-state index >= 15 is 0 Å². The Morgan fingerprint density at radius 3 is 1.14 bits per heavy atom. The Morgan fingerprint density at radius 1 is 0.420 bits per heavy atom. The second kappa shape index (κ2) is 27.7. The minimum absolute atomic E-state index is 0.132. The Labute approximate surface area is 567 Å². The normalized spacial score (nSPS) is 11.2. The first-order valence-electron chi connectivity index (χ1n) is 31.3. The van der Waals surface area contributed by atoms with Crippen molar-refractivity contribution in [3.05, 3.63) is 262 Å². The quantitative estimate of drug-likeness (QED) is 0.0645. The molecule has 0 saturated heterocycles. The van der Waals surface area contributed by atoms with Gasteiger partial charge in [-0.2, -0.15) is 15.3 Å². The molecule has 100 heavy (non-hydrogen) atoms. The van der Waals surface area contributed by atoms with Crippen molar-refractivity contribution in [1.82, 2.24) is 88.1 Å². The fraction of sp³-hybridized carbons (Fsp3) is 0.149. The van der Waals surface area contributed by atoms with E-state index < -0.39 is 17.5 Å². The van der Waals surface area contributed by atoms with Gasteiger partial charge in [-0.1, -0.05) is 60.7 Å². The van der Waals surface area contributed by atoms with Crippen LogP contribution < -0.4 is 4.74 Å². The zero-order chi connectivity index (χ0) is 70.0. The summed E-state index contributed by atoms with van der Waals surface area (Å²) in [4.78, 5) is 66.6. The van der Waals surface area contributed by atoms with Crippen molar-refractivity contribution in [2.45, 2.75) is 47.0 Å². The summed E-state index contributed by atoms with van der Waals surface area (Å²) < 4.78 is 71.6. The van der Waals surface area contributed by atoms with Gasteiger partial charge >= 0.3 is 0 Å². The summed E-state index contributed by atoms with van der Waals surface area (Å²) in [5.41, 5.74) is 12.7. The predicted molar refractivity (Wildman–Crippen MR) is 364 cm³/mol. The highest BCUT2D eigenvalue weighted by Crippen LogP contribution is 2.31. The van der Waals surface area contributed by atoms with Gasteiger partial charge in [-0.25, -0.2) is 46.1 Å². The Kier molecular flexibility index (Phi) is 18.2. The molecule has 0 N–H and O–H groups in total. The topological polar surface area (TPSA) is 243 Å². The summed E-state index contributed by atoms with van der Waals surface area (Å²) in [5, 5.41) is 25.7. The Hall–Kier alpha value is -12.9. The van der Waals surface area contributed by atoms with Gasteiger partial charge in [0.25, 0.3) is 0 Å². The third-order valence-electron chi connectivity index (χ3n) is 16.3. The van der Waals surface area contributed by atoms with E-state index in [1.807, 2.05) is 113 Å². The van der Waals surface area contributed by atoms with Crippen LogP contribution in [0.5, 0.6) is 5.75 Å². The van der Waals surface area contributed by atoms with Crippen molar-refractivity contribution < 1.29 is 36.7 Å². The van der Waals surface area contributed by atoms with Gasteiger partial charge < -0.3 is 4.74 Å². The lowest BCUT2D eigenvalue weighted by atomic mass is 10.0. The van der Waals surface area contributed by atoms with Gasteiger partial charge in [0, 0.05) is 114 Å². The van der Waals surface area contributed by atoms with E-state index in [2.05, 4.69) is 60.5 Å². The summed E-state index contributed by atoms with van der Waals surface area (Å²) in [6, 6.07) is 40.4. The van der Waals surface area contributed by atoms with E-state index in [0.29, 0.717) is 96.6 Å². The number of ketones is 3. The third kappa shape index (κ3) is 13.9. The van der Waals surface area contributed by atoms with Crippen molar-refractivity contribution in [1.29, 1.82) is 0 Å². The Morgan fingerprint density at radius 2 is 0.780 bits per heavy atom. The SMILES string of the molecule is COc1ccnc(-c2cnn(C)c2C(=O)Cc2cc3nc(-c4ccccc4)nn3cc2F)c1.Cc1cc(C)nc(-c2cnn(C)c2C(=O)Cc2cc3nc(-c4ccc(F)cc4)nn3cc2F)c1.Cc1cc(C)nc(-c2cnn(C)c2C(=O)Cc2cc3nc(-c4ccccc4)nn3cc2F)c1. The molecule has 0 bridgehead atoms. The average molecular weight is 1340 g/mol. The van der Waals surface area contributed by atoms with E-state index in [0.717, 1.165) is 33.6 Å². The lowest BCUT2D eigenvalue weighted by Gasteiger charge is -2.08. The summed E-state index contributed by atoms with van der Waals surface area (Å²) >= 11 is 0. The van der Waals surface area contributed by atoms with Gasteiger partial charge in [0.15, 0.2) is 51.8 Å². The van der Waals surface area contributed by atoms with Crippen LogP contribution in [0.15, 0.2) is 183 Å². The molecule has 12 heterocycles. The number of carbonyl (C=O) groups is 3.